The highest BCUT2D eigenvalue weighted by atomic mass is 16.4. The standard InChI is InChI=1S/C29H36N2O3/c1-20(2)13-18-27-21(3)31(24-9-5-4-6-10-24)29(34)30(27)19-22-14-16-23(17-15-22)25-11-7-8-12-26(25)28(32)33/h7-8,11-12,14-17,20,24H,4-6,9-10,13,18-19H2,1-3H3,(H,32,33). The molecule has 1 N–H and O–H groups in total. The molecule has 34 heavy (non-hydrogen) atoms. The average Bonchev–Trinajstić information content (AvgIpc) is 3.07. The summed E-state index contributed by atoms with van der Waals surface area (Å²) in [7, 11) is 0. The van der Waals surface area contributed by atoms with Crippen molar-refractivity contribution >= 4 is 5.97 Å². The van der Waals surface area contributed by atoms with E-state index in [9.17, 15) is 14.7 Å². The maximum atomic E-state index is 13.6. The Bertz CT molecular complexity index is 1200. The van der Waals surface area contributed by atoms with Crippen molar-refractivity contribution in [1.82, 2.24) is 9.13 Å². The van der Waals surface area contributed by atoms with Crippen molar-refractivity contribution in [2.24, 2.45) is 5.92 Å². The fourth-order valence-electron chi connectivity index (χ4n) is 5.29. The Kier molecular flexibility index (Phi) is 7.40. The molecule has 0 amide bonds. The average molecular weight is 461 g/mol. The van der Waals surface area contributed by atoms with E-state index in [1.807, 2.05) is 41.0 Å². The minimum Gasteiger partial charge on any atom is -0.478 e. The van der Waals surface area contributed by atoms with Gasteiger partial charge in [0.05, 0.1) is 12.1 Å². The lowest BCUT2D eigenvalue weighted by atomic mass is 9.95. The van der Waals surface area contributed by atoms with E-state index >= 15 is 0 Å². The first-order chi connectivity index (χ1) is 16.4. The molecule has 0 unspecified atom stereocenters. The smallest absolute Gasteiger partial charge is 0.336 e. The van der Waals surface area contributed by atoms with E-state index in [-0.39, 0.29) is 5.69 Å². The summed E-state index contributed by atoms with van der Waals surface area (Å²) in [5.41, 5.74) is 5.31. The summed E-state index contributed by atoms with van der Waals surface area (Å²) in [5.74, 6) is -0.352. The molecule has 0 bridgehead atoms. The van der Waals surface area contributed by atoms with E-state index in [4.69, 9.17) is 0 Å². The number of aromatic carboxylic acids is 1. The van der Waals surface area contributed by atoms with Gasteiger partial charge in [-0.15, -0.1) is 0 Å². The summed E-state index contributed by atoms with van der Waals surface area (Å²) < 4.78 is 4.05. The second kappa shape index (κ2) is 10.5. The van der Waals surface area contributed by atoms with Crippen LogP contribution in [0.2, 0.25) is 0 Å². The Hall–Kier alpha value is -3.08. The van der Waals surface area contributed by atoms with E-state index in [0.717, 1.165) is 48.2 Å². The summed E-state index contributed by atoms with van der Waals surface area (Å²) in [5, 5.41) is 9.52. The molecule has 1 aliphatic carbocycles. The van der Waals surface area contributed by atoms with Gasteiger partial charge in [-0.25, -0.2) is 9.59 Å². The number of imidazole rings is 1. The lowest BCUT2D eigenvalue weighted by Gasteiger charge is -2.23. The molecule has 2 aromatic carbocycles. The minimum absolute atomic E-state index is 0.114. The Morgan fingerprint density at radius 3 is 2.35 bits per heavy atom. The quantitative estimate of drug-likeness (QED) is 0.419. The largest absolute Gasteiger partial charge is 0.478 e. The molecule has 4 rings (SSSR count). The normalized spacial score (nSPS) is 14.6. The van der Waals surface area contributed by atoms with Crippen LogP contribution in [0.25, 0.3) is 11.1 Å². The molecule has 3 aromatic rings. The number of nitrogens with zero attached hydrogens (tertiary/aromatic N) is 2. The van der Waals surface area contributed by atoms with Crippen molar-refractivity contribution < 1.29 is 9.90 Å². The van der Waals surface area contributed by atoms with Crippen LogP contribution < -0.4 is 5.69 Å². The first-order valence-electron chi connectivity index (χ1n) is 12.6. The number of rotatable bonds is 8. The third-order valence-electron chi connectivity index (χ3n) is 7.20. The van der Waals surface area contributed by atoms with Crippen LogP contribution >= 0.6 is 0 Å². The van der Waals surface area contributed by atoms with Crippen LogP contribution in [0.15, 0.2) is 53.3 Å². The van der Waals surface area contributed by atoms with Crippen LogP contribution in [0.3, 0.4) is 0 Å². The highest BCUT2D eigenvalue weighted by Gasteiger charge is 2.24. The number of carboxylic acid groups (broad SMARTS) is 1. The van der Waals surface area contributed by atoms with Crippen LogP contribution in [0.4, 0.5) is 0 Å². The van der Waals surface area contributed by atoms with Crippen molar-refractivity contribution in [2.45, 2.75) is 78.3 Å². The molecule has 0 atom stereocenters. The van der Waals surface area contributed by atoms with Gasteiger partial charge in [0.15, 0.2) is 0 Å². The van der Waals surface area contributed by atoms with Gasteiger partial charge in [0.2, 0.25) is 0 Å². The van der Waals surface area contributed by atoms with Crippen molar-refractivity contribution in [3.8, 4) is 11.1 Å². The lowest BCUT2D eigenvalue weighted by Crippen LogP contribution is -2.29. The van der Waals surface area contributed by atoms with E-state index in [1.54, 1.807) is 12.1 Å². The van der Waals surface area contributed by atoms with Gasteiger partial charge in [-0.1, -0.05) is 75.6 Å². The number of carbonyl (C=O) groups is 1. The van der Waals surface area contributed by atoms with Crippen molar-refractivity contribution in [1.29, 1.82) is 0 Å². The van der Waals surface area contributed by atoms with Gasteiger partial charge in [-0.3, -0.25) is 9.13 Å². The van der Waals surface area contributed by atoms with Crippen molar-refractivity contribution in [3.63, 3.8) is 0 Å². The zero-order valence-corrected chi connectivity index (χ0v) is 20.6. The van der Waals surface area contributed by atoms with Gasteiger partial charge in [-0.2, -0.15) is 0 Å². The van der Waals surface area contributed by atoms with Crippen LogP contribution in [-0.4, -0.2) is 20.2 Å². The highest BCUT2D eigenvalue weighted by molar-refractivity contribution is 5.95. The van der Waals surface area contributed by atoms with Crippen molar-refractivity contribution in [3.05, 3.63) is 81.5 Å². The number of hydrogen-bond acceptors (Lipinski definition) is 2. The zero-order chi connectivity index (χ0) is 24.2. The molecule has 5 heteroatoms. The zero-order valence-electron chi connectivity index (χ0n) is 20.6. The number of benzene rings is 2. The molecule has 5 nitrogen and oxygen atoms in total. The third-order valence-corrected chi connectivity index (χ3v) is 7.20. The van der Waals surface area contributed by atoms with E-state index in [2.05, 4.69) is 25.3 Å². The molecule has 1 fully saturated rings. The summed E-state index contributed by atoms with van der Waals surface area (Å²) in [6.45, 7) is 7.11. The number of carboxylic acids is 1. The van der Waals surface area contributed by atoms with E-state index in [0.29, 0.717) is 29.6 Å². The molecule has 1 heterocycles. The van der Waals surface area contributed by atoms with Crippen LogP contribution in [0.5, 0.6) is 0 Å². The molecular weight excluding hydrogens is 424 g/mol. The van der Waals surface area contributed by atoms with Gasteiger partial charge in [0.25, 0.3) is 0 Å². The van der Waals surface area contributed by atoms with Gasteiger partial charge in [0, 0.05) is 17.4 Å². The van der Waals surface area contributed by atoms with Gasteiger partial charge in [-0.05, 0) is 61.3 Å². The minimum atomic E-state index is -0.930. The van der Waals surface area contributed by atoms with Crippen molar-refractivity contribution in [2.75, 3.05) is 0 Å². The molecule has 0 saturated heterocycles. The Morgan fingerprint density at radius 1 is 1.03 bits per heavy atom. The molecule has 0 spiro atoms. The molecular formula is C29H36N2O3. The van der Waals surface area contributed by atoms with Gasteiger partial charge < -0.3 is 5.11 Å². The molecule has 1 aromatic heterocycles. The topological polar surface area (TPSA) is 64.2 Å². The second-order valence-electron chi connectivity index (χ2n) is 10.0. The monoisotopic (exact) mass is 460 g/mol. The first-order valence-corrected chi connectivity index (χ1v) is 12.6. The number of hydrogen-bond donors (Lipinski definition) is 1. The predicted octanol–water partition coefficient (Wildman–Crippen LogP) is 6.47. The highest BCUT2D eigenvalue weighted by Crippen LogP contribution is 2.30. The summed E-state index contributed by atoms with van der Waals surface area (Å²) >= 11 is 0. The SMILES string of the molecule is Cc1c(CCC(C)C)n(Cc2ccc(-c3ccccc3C(=O)O)cc2)c(=O)n1C1CCCCC1. The fraction of sp³-hybridized carbons (Fsp3) is 0.448. The van der Waals surface area contributed by atoms with Crippen LogP contribution in [0.1, 0.15) is 85.7 Å². The first kappa shape index (κ1) is 24.1. The number of aromatic nitrogens is 2. The maximum Gasteiger partial charge on any atom is 0.336 e. The summed E-state index contributed by atoms with van der Waals surface area (Å²) in [6, 6.07) is 15.3. The molecule has 1 saturated carbocycles. The predicted molar refractivity (Wildman–Crippen MR) is 137 cm³/mol. The van der Waals surface area contributed by atoms with E-state index < -0.39 is 5.97 Å². The van der Waals surface area contributed by atoms with Crippen LogP contribution in [0, 0.1) is 12.8 Å². The van der Waals surface area contributed by atoms with E-state index in [1.165, 1.54) is 19.3 Å². The third kappa shape index (κ3) is 5.03. The second-order valence-corrected chi connectivity index (χ2v) is 10.0. The summed E-state index contributed by atoms with van der Waals surface area (Å²) in [6.07, 6.45) is 7.80. The molecule has 0 aliphatic heterocycles. The lowest BCUT2D eigenvalue weighted by molar-refractivity contribution is 0.0697. The Balaban J connectivity index is 1.66. The molecule has 0 radical (unpaired) electrons. The summed E-state index contributed by atoms with van der Waals surface area (Å²) in [4.78, 5) is 25.2. The van der Waals surface area contributed by atoms with Gasteiger partial charge >= 0.3 is 11.7 Å². The maximum absolute atomic E-state index is 13.6. The van der Waals surface area contributed by atoms with Gasteiger partial charge in [0.1, 0.15) is 0 Å². The molecule has 180 valence electrons. The fourth-order valence-corrected chi connectivity index (χ4v) is 5.29. The Labute approximate surface area is 202 Å². The molecule has 1 aliphatic rings. The Morgan fingerprint density at radius 2 is 1.71 bits per heavy atom. The van der Waals surface area contributed by atoms with Crippen LogP contribution in [-0.2, 0) is 13.0 Å².